The number of nitrogens with one attached hydrogen (secondary N) is 1. The van der Waals surface area contributed by atoms with Gasteiger partial charge in [-0.05, 0) is 18.2 Å². The fraction of sp³-hybridized carbons (Fsp3) is 0.0714. The first kappa shape index (κ1) is 13.5. The maximum absolute atomic E-state index is 11.6. The number of aromatic hydroxyl groups is 1. The highest BCUT2D eigenvalue weighted by Gasteiger charge is 2.02. The zero-order chi connectivity index (χ0) is 14.4. The van der Waals surface area contributed by atoms with E-state index in [4.69, 9.17) is 0 Å². The molecular formula is C14H13N3O3. The molecule has 0 saturated carbocycles. The Morgan fingerprint density at radius 1 is 1.25 bits per heavy atom. The summed E-state index contributed by atoms with van der Waals surface area (Å²) in [6, 6.07) is 11.3. The van der Waals surface area contributed by atoms with Gasteiger partial charge < -0.3 is 9.67 Å². The highest BCUT2D eigenvalue weighted by Crippen LogP contribution is 2.12. The third-order valence-corrected chi connectivity index (χ3v) is 2.54. The van der Waals surface area contributed by atoms with Crippen LogP contribution in [0.3, 0.4) is 0 Å². The highest BCUT2D eigenvalue weighted by molar-refractivity contribution is 5.84. The molecule has 20 heavy (non-hydrogen) atoms. The molecule has 0 fully saturated rings. The van der Waals surface area contributed by atoms with Gasteiger partial charge in [0.05, 0.1) is 6.21 Å². The van der Waals surface area contributed by atoms with Gasteiger partial charge in [0.1, 0.15) is 12.3 Å². The topological polar surface area (TPSA) is 83.7 Å². The number of phenols is 1. The zero-order valence-corrected chi connectivity index (χ0v) is 10.6. The number of amides is 1. The normalized spacial score (nSPS) is 10.6. The quantitative estimate of drug-likeness (QED) is 0.634. The number of hydrazone groups is 1. The average molecular weight is 271 g/mol. The highest BCUT2D eigenvalue weighted by atomic mass is 16.3. The lowest BCUT2D eigenvalue weighted by molar-refractivity contribution is -0.121. The summed E-state index contributed by atoms with van der Waals surface area (Å²) in [4.78, 5) is 23.0. The Morgan fingerprint density at radius 3 is 2.75 bits per heavy atom. The van der Waals surface area contributed by atoms with E-state index in [-0.39, 0.29) is 17.9 Å². The molecule has 2 rings (SSSR count). The molecule has 6 nitrogen and oxygen atoms in total. The summed E-state index contributed by atoms with van der Waals surface area (Å²) in [6.45, 7) is -0.113. The third kappa shape index (κ3) is 3.55. The number of hydrogen-bond donors (Lipinski definition) is 2. The van der Waals surface area contributed by atoms with Crippen LogP contribution in [0.25, 0.3) is 0 Å². The van der Waals surface area contributed by atoms with E-state index in [1.54, 1.807) is 30.3 Å². The molecular weight excluding hydrogens is 258 g/mol. The fourth-order valence-electron chi connectivity index (χ4n) is 1.55. The van der Waals surface area contributed by atoms with Crippen LogP contribution in [0.2, 0.25) is 0 Å². The van der Waals surface area contributed by atoms with Crippen molar-refractivity contribution < 1.29 is 9.90 Å². The first-order chi connectivity index (χ1) is 9.66. The van der Waals surface area contributed by atoms with E-state index in [0.717, 1.165) is 0 Å². The van der Waals surface area contributed by atoms with Crippen molar-refractivity contribution in [2.45, 2.75) is 6.54 Å². The molecule has 0 aliphatic carbocycles. The Hall–Kier alpha value is -2.89. The van der Waals surface area contributed by atoms with E-state index in [1.165, 1.54) is 29.1 Å². The van der Waals surface area contributed by atoms with Crippen molar-refractivity contribution in [1.29, 1.82) is 0 Å². The zero-order valence-electron chi connectivity index (χ0n) is 10.6. The van der Waals surface area contributed by atoms with Crippen LogP contribution in [0.1, 0.15) is 5.56 Å². The second-order valence-electron chi connectivity index (χ2n) is 4.02. The van der Waals surface area contributed by atoms with Crippen molar-refractivity contribution in [3.05, 3.63) is 64.6 Å². The molecule has 6 heteroatoms. The van der Waals surface area contributed by atoms with Gasteiger partial charge in [0.2, 0.25) is 0 Å². The van der Waals surface area contributed by atoms with Crippen molar-refractivity contribution in [3.63, 3.8) is 0 Å². The van der Waals surface area contributed by atoms with Crippen molar-refractivity contribution in [3.8, 4) is 5.75 Å². The van der Waals surface area contributed by atoms with Gasteiger partial charge in [-0.2, -0.15) is 5.10 Å². The summed E-state index contributed by atoms with van der Waals surface area (Å²) >= 11 is 0. The molecule has 2 aromatic rings. The van der Waals surface area contributed by atoms with Gasteiger partial charge >= 0.3 is 0 Å². The first-order valence-electron chi connectivity index (χ1n) is 5.92. The van der Waals surface area contributed by atoms with Gasteiger partial charge in [-0.3, -0.25) is 9.59 Å². The molecule has 2 N–H and O–H groups in total. The Bertz CT molecular complexity index is 692. The number of aromatic nitrogens is 1. The molecule has 1 heterocycles. The third-order valence-electron chi connectivity index (χ3n) is 2.54. The number of para-hydroxylation sites is 1. The van der Waals surface area contributed by atoms with Crippen molar-refractivity contribution in [1.82, 2.24) is 9.99 Å². The van der Waals surface area contributed by atoms with Gasteiger partial charge in [-0.25, -0.2) is 5.43 Å². The molecule has 102 valence electrons. The second kappa shape index (κ2) is 6.33. The molecule has 0 spiro atoms. The predicted octanol–water partition coefficient (Wildman–Crippen LogP) is 0.704. The Labute approximate surface area is 115 Å². The molecule has 0 aliphatic heterocycles. The summed E-state index contributed by atoms with van der Waals surface area (Å²) in [5, 5.41) is 13.2. The number of rotatable bonds is 4. The van der Waals surface area contributed by atoms with Gasteiger partial charge in [0.15, 0.2) is 0 Å². The van der Waals surface area contributed by atoms with Crippen LogP contribution in [0, 0.1) is 0 Å². The monoisotopic (exact) mass is 271 g/mol. The van der Waals surface area contributed by atoms with Crippen LogP contribution in [0.15, 0.2) is 58.6 Å². The standard InChI is InChI=1S/C14H13N3O3/c18-12-6-2-1-5-11(12)9-15-16-13(19)10-17-8-4-3-7-14(17)20/h1-9,18H,10H2,(H,16,19)/b15-9+. The van der Waals surface area contributed by atoms with Crippen molar-refractivity contribution in [2.24, 2.45) is 5.10 Å². The summed E-state index contributed by atoms with van der Waals surface area (Å²) in [5.41, 5.74) is 2.53. The van der Waals surface area contributed by atoms with Crippen LogP contribution in [-0.4, -0.2) is 21.8 Å². The minimum Gasteiger partial charge on any atom is -0.507 e. The number of phenolic OH excluding ortho intramolecular Hbond substituents is 1. The second-order valence-corrected chi connectivity index (χ2v) is 4.02. The lowest BCUT2D eigenvalue weighted by Gasteiger charge is -2.03. The van der Waals surface area contributed by atoms with Crippen LogP contribution in [-0.2, 0) is 11.3 Å². The Kier molecular flexibility index (Phi) is 4.28. The summed E-state index contributed by atoms with van der Waals surface area (Å²) in [7, 11) is 0. The molecule has 0 aliphatic rings. The van der Waals surface area contributed by atoms with Crippen LogP contribution in [0.4, 0.5) is 0 Å². The van der Waals surface area contributed by atoms with E-state index < -0.39 is 5.91 Å². The largest absolute Gasteiger partial charge is 0.507 e. The van der Waals surface area contributed by atoms with E-state index in [9.17, 15) is 14.7 Å². The SMILES string of the molecule is O=C(Cn1ccccc1=O)N/N=C/c1ccccc1O. The van der Waals surface area contributed by atoms with Crippen LogP contribution >= 0.6 is 0 Å². The lowest BCUT2D eigenvalue weighted by Crippen LogP contribution is -2.28. The summed E-state index contributed by atoms with van der Waals surface area (Å²) in [6.07, 6.45) is 2.86. The van der Waals surface area contributed by atoms with Gasteiger partial charge in [0, 0.05) is 17.8 Å². The van der Waals surface area contributed by atoms with E-state index in [0.29, 0.717) is 5.56 Å². The minimum absolute atomic E-state index is 0.0739. The molecule has 1 aromatic carbocycles. The predicted molar refractivity (Wildman–Crippen MR) is 74.5 cm³/mol. The van der Waals surface area contributed by atoms with Gasteiger partial charge in [0.25, 0.3) is 11.5 Å². The maximum atomic E-state index is 11.6. The van der Waals surface area contributed by atoms with E-state index in [2.05, 4.69) is 10.5 Å². The molecule has 1 amide bonds. The number of pyridine rings is 1. The number of benzene rings is 1. The summed E-state index contributed by atoms with van der Waals surface area (Å²) < 4.78 is 1.27. The van der Waals surface area contributed by atoms with Gasteiger partial charge in [-0.15, -0.1) is 0 Å². The molecule has 0 bridgehead atoms. The summed E-state index contributed by atoms with van der Waals surface area (Å²) in [5.74, 6) is -0.352. The lowest BCUT2D eigenvalue weighted by atomic mass is 10.2. The molecule has 0 unspecified atom stereocenters. The van der Waals surface area contributed by atoms with E-state index >= 15 is 0 Å². The first-order valence-corrected chi connectivity index (χ1v) is 5.92. The number of carbonyl (C=O) groups excluding carboxylic acids is 1. The Balaban J connectivity index is 1.95. The molecule has 0 saturated heterocycles. The van der Waals surface area contributed by atoms with Crippen LogP contribution in [0.5, 0.6) is 5.75 Å². The molecule has 0 atom stereocenters. The smallest absolute Gasteiger partial charge is 0.260 e. The number of hydrogen-bond acceptors (Lipinski definition) is 4. The van der Waals surface area contributed by atoms with Crippen molar-refractivity contribution >= 4 is 12.1 Å². The van der Waals surface area contributed by atoms with Gasteiger partial charge in [-0.1, -0.05) is 18.2 Å². The molecule has 0 radical (unpaired) electrons. The maximum Gasteiger partial charge on any atom is 0.260 e. The number of nitrogens with zero attached hydrogens (tertiary/aromatic N) is 2. The minimum atomic E-state index is -0.426. The molecule has 1 aromatic heterocycles. The van der Waals surface area contributed by atoms with Crippen LogP contribution < -0.4 is 11.0 Å². The number of carbonyl (C=O) groups is 1. The van der Waals surface area contributed by atoms with E-state index in [1.807, 2.05) is 0 Å². The average Bonchev–Trinajstić information content (AvgIpc) is 2.43. The van der Waals surface area contributed by atoms with Crippen molar-refractivity contribution in [2.75, 3.05) is 0 Å². The fourth-order valence-corrected chi connectivity index (χ4v) is 1.55. The Morgan fingerprint density at radius 2 is 2.00 bits per heavy atom.